The summed E-state index contributed by atoms with van der Waals surface area (Å²) < 4.78 is 0. The third kappa shape index (κ3) is 3.27. The van der Waals surface area contributed by atoms with Crippen LogP contribution >= 0.6 is 11.3 Å². The van der Waals surface area contributed by atoms with Crippen molar-refractivity contribution < 1.29 is 9.59 Å². The molecule has 2 aliphatic rings. The molecule has 0 unspecified atom stereocenters. The van der Waals surface area contributed by atoms with Gasteiger partial charge in [0.25, 0.3) is 5.91 Å². The molecule has 2 saturated carbocycles. The Bertz CT molecular complexity index is 723. The second-order valence-corrected chi connectivity index (χ2v) is 7.10. The van der Waals surface area contributed by atoms with Crippen molar-refractivity contribution in [2.75, 3.05) is 10.6 Å². The summed E-state index contributed by atoms with van der Waals surface area (Å²) >= 11 is 1.38. The molecular weight excluding hydrogens is 310 g/mol. The summed E-state index contributed by atoms with van der Waals surface area (Å²) in [7, 11) is 0. The van der Waals surface area contributed by atoms with Gasteiger partial charge in [0, 0.05) is 28.7 Å². The SMILES string of the molecule is O=C(Nc1nccs1)c1ccc(NC(=O)[C@H]2C[C@@H]2C2CC2)cc1. The van der Waals surface area contributed by atoms with E-state index in [0.717, 1.165) is 18.0 Å². The zero-order valence-corrected chi connectivity index (χ0v) is 13.3. The Hall–Kier alpha value is -2.21. The highest BCUT2D eigenvalue weighted by atomic mass is 32.1. The van der Waals surface area contributed by atoms with E-state index in [9.17, 15) is 9.59 Å². The third-order valence-electron chi connectivity index (χ3n) is 4.47. The van der Waals surface area contributed by atoms with E-state index in [0.29, 0.717) is 16.6 Å². The molecule has 2 N–H and O–H groups in total. The number of hydrogen-bond donors (Lipinski definition) is 2. The lowest BCUT2D eigenvalue weighted by Gasteiger charge is -2.06. The van der Waals surface area contributed by atoms with Crippen LogP contribution in [0.5, 0.6) is 0 Å². The van der Waals surface area contributed by atoms with Crippen LogP contribution < -0.4 is 10.6 Å². The standard InChI is InChI=1S/C17H17N3O2S/c21-15(20-17-18-7-8-23-17)11-3-5-12(6-4-11)19-16(22)14-9-13(14)10-1-2-10/h3-8,10,13-14H,1-2,9H2,(H,19,22)(H,18,20,21)/t13-,14+/m1/s1. The first-order valence-electron chi connectivity index (χ1n) is 7.82. The molecule has 2 aromatic rings. The normalized spacial score (nSPS) is 22.4. The van der Waals surface area contributed by atoms with E-state index in [1.165, 1.54) is 24.2 Å². The molecule has 0 bridgehead atoms. The maximum Gasteiger partial charge on any atom is 0.257 e. The predicted molar refractivity (Wildman–Crippen MR) is 89.5 cm³/mol. The number of carbonyl (C=O) groups is 2. The van der Waals surface area contributed by atoms with E-state index >= 15 is 0 Å². The number of amides is 2. The van der Waals surface area contributed by atoms with Crippen molar-refractivity contribution in [1.82, 2.24) is 4.98 Å². The van der Waals surface area contributed by atoms with Crippen LogP contribution in [-0.2, 0) is 4.79 Å². The third-order valence-corrected chi connectivity index (χ3v) is 5.16. The minimum atomic E-state index is -0.200. The van der Waals surface area contributed by atoms with E-state index in [1.54, 1.807) is 35.8 Å². The molecule has 4 rings (SSSR count). The number of rotatable bonds is 5. The maximum absolute atomic E-state index is 12.2. The molecule has 0 aliphatic heterocycles. The van der Waals surface area contributed by atoms with Crippen LogP contribution in [0.3, 0.4) is 0 Å². The molecule has 0 spiro atoms. The lowest BCUT2D eigenvalue weighted by Crippen LogP contribution is -2.15. The van der Waals surface area contributed by atoms with Crippen molar-refractivity contribution in [3.05, 3.63) is 41.4 Å². The predicted octanol–water partition coefficient (Wildman–Crippen LogP) is 3.38. The Kier molecular flexibility index (Phi) is 3.61. The first-order valence-corrected chi connectivity index (χ1v) is 8.70. The fraction of sp³-hybridized carbons (Fsp3) is 0.353. The molecule has 2 atom stereocenters. The maximum atomic E-state index is 12.2. The Morgan fingerprint density at radius 1 is 1.13 bits per heavy atom. The highest BCUT2D eigenvalue weighted by Crippen LogP contribution is 2.54. The second kappa shape index (κ2) is 5.77. The van der Waals surface area contributed by atoms with Crippen molar-refractivity contribution in [3.63, 3.8) is 0 Å². The quantitative estimate of drug-likeness (QED) is 0.884. The van der Waals surface area contributed by atoms with E-state index in [1.807, 2.05) is 0 Å². The van der Waals surface area contributed by atoms with Gasteiger partial charge in [0.15, 0.2) is 5.13 Å². The summed E-state index contributed by atoms with van der Waals surface area (Å²) in [5.41, 5.74) is 1.28. The number of benzene rings is 1. The van der Waals surface area contributed by atoms with Crippen LogP contribution in [0.4, 0.5) is 10.8 Å². The highest BCUT2D eigenvalue weighted by Gasteiger charge is 2.51. The van der Waals surface area contributed by atoms with Gasteiger partial charge in [-0.2, -0.15) is 0 Å². The average Bonchev–Trinajstić information content (AvgIpc) is 3.45. The van der Waals surface area contributed by atoms with E-state index < -0.39 is 0 Å². The van der Waals surface area contributed by atoms with Gasteiger partial charge in [-0.3, -0.25) is 14.9 Å². The molecule has 23 heavy (non-hydrogen) atoms. The highest BCUT2D eigenvalue weighted by molar-refractivity contribution is 7.13. The van der Waals surface area contributed by atoms with Crippen LogP contribution in [0.25, 0.3) is 0 Å². The molecule has 2 fully saturated rings. The molecular formula is C17H17N3O2S. The molecule has 0 saturated heterocycles. The number of nitrogens with one attached hydrogen (secondary N) is 2. The smallest absolute Gasteiger partial charge is 0.257 e. The Labute approximate surface area is 138 Å². The van der Waals surface area contributed by atoms with Crippen LogP contribution in [0.1, 0.15) is 29.6 Å². The first kappa shape index (κ1) is 14.4. The fourth-order valence-corrected chi connectivity index (χ4v) is 3.48. The summed E-state index contributed by atoms with van der Waals surface area (Å²) in [6, 6.07) is 6.96. The summed E-state index contributed by atoms with van der Waals surface area (Å²) in [6.45, 7) is 0. The van der Waals surface area contributed by atoms with Crippen LogP contribution in [0.2, 0.25) is 0 Å². The van der Waals surface area contributed by atoms with Gasteiger partial charge in [-0.25, -0.2) is 4.98 Å². The van der Waals surface area contributed by atoms with Gasteiger partial charge in [0.05, 0.1) is 0 Å². The summed E-state index contributed by atoms with van der Waals surface area (Å²) in [6.07, 6.45) is 5.26. The molecule has 0 radical (unpaired) electrons. The van der Waals surface area contributed by atoms with E-state index in [4.69, 9.17) is 0 Å². The Morgan fingerprint density at radius 3 is 2.57 bits per heavy atom. The lowest BCUT2D eigenvalue weighted by atomic mass is 10.2. The first-order chi connectivity index (χ1) is 11.2. The molecule has 6 heteroatoms. The molecule has 2 amide bonds. The molecule has 5 nitrogen and oxygen atoms in total. The summed E-state index contributed by atoms with van der Waals surface area (Å²) in [5, 5.41) is 8.06. The van der Waals surface area contributed by atoms with Gasteiger partial charge in [-0.1, -0.05) is 0 Å². The fourth-order valence-electron chi connectivity index (χ4n) is 2.96. The van der Waals surface area contributed by atoms with Gasteiger partial charge in [0.1, 0.15) is 0 Å². The minimum Gasteiger partial charge on any atom is -0.326 e. The summed E-state index contributed by atoms with van der Waals surface area (Å²) in [4.78, 5) is 28.2. The number of anilines is 2. The number of aromatic nitrogens is 1. The van der Waals surface area contributed by atoms with Crippen LogP contribution in [0.15, 0.2) is 35.8 Å². The topological polar surface area (TPSA) is 71.1 Å². The molecule has 1 aromatic heterocycles. The zero-order valence-electron chi connectivity index (χ0n) is 12.5. The van der Waals surface area contributed by atoms with Crippen molar-refractivity contribution in [2.45, 2.75) is 19.3 Å². The van der Waals surface area contributed by atoms with Gasteiger partial charge < -0.3 is 5.32 Å². The van der Waals surface area contributed by atoms with Crippen molar-refractivity contribution in [2.24, 2.45) is 17.8 Å². The molecule has 118 valence electrons. The van der Waals surface area contributed by atoms with E-state index in [2.05, 4.69) is 15.6 Å². The second-order valence-electron chi connectivity index (χ2n) is 6.20. The number of thiazole rings is 1. The van der Waals surface area contributed by atoms with Crippen molar-refractivity contribution in [3.8, 4) is 0 Å². The lowest BCUT2D eigenvalue weighted by molar-refractivity contribution is -0.117. The number of nitrogens with zero attached hydrogens (tertiary/aromatic N) is 1. The average molecular weight is 327 g/mol. The van der Waals surface area contributed by atoms with Crippen molar-refractivity contribution in [1.29, 1.82) is 0 Å². The van der Waals surface area contributed by atoms with Gasteiger partial charge in [-0.15, -0.1) is 11.3 Å². The van der Waals surface area contributed by atoms with Crippen LogP contribution in [-0.4, -0.2) is 16.8 Å². The largest absolute Gasteiger partial charge is 0.326 e. The zero-order chi connectivity index (χ0) is 15.8. The number of carbonyl (C=O) groups excluding carboxylic acids is 2. The molecule has 2 aliphatic carbocycles. The molecule has 1 aromatic carbocycles. The Morgan fingerprint density at radius 2 is 1.91 bits per heavy atom. The summed E-state index contributed by atoms with van der Waals surface area (Å²) in [5.74, 6) is 1.51. The van der Waals surface area contributed by atoms with Gasteiger partial charge in [-0.05, 0) is 55.4 Å². The van der Waals surface area contributed by atoms with Gasteiger partial charge in [0.2, 0.25) is 5.91 Å². The van der Waals surface area contributed by atoms with Gasteiger partial charge >= 0.3 is 0 Å². The monoisotopic (exact) mass is 327 g/mol. The van der Waals surface area contributed by atoms with E-state index in [-0.39, 0.29) is 17.7 Å². The minimum absolute atomic E-state index is 0.113. The van der Waals surface area contributed by atoms with Crippen LogP contribution in [0, 0.1) is 17.8 Å². The van der Waals surface area contributed by atoms with Crippen molar-refractivity contribution >= 4 is 34.0 Å². The molecule has 1 heterocycles. The Balaban J connectivity index is 1.34. The number of hydrogen-bond acceptors (Lipinski definition) is 4.